The summed E-state index contributed by atoms with van der Waals surface area (Å²) in [4.78, 5) is 14.0. The average Bonchev–Trinajstić information content (AvgIpc) is 2.40. The predicted molar refractivity (Wildman–Crippen MR) is 66.9 cm³/mol. The number of amides is 1. The first-order valence-electron chi connectivity index (χ1n) is 6.87. The van der Waals surface area contributed by atoms with Gasteiger partial charge in [0.2, 0.25) is 5.91 Å². The molecule has 1 amide bonds. The highest BCUT2D eigenvalue weighted by Gasteiger charge is 2.25. The van der Waals surface area contributed by atoms with Crippen LogP contribution >= 0.6 is 0 Å². The van der Waals surface area contributed by atoms with Crippen molar-refractivity contribution in [2.45, 2.75) is 50.7 Å². The zero-order valence-electron chi connectivity index (χ0n) is 10.8. The van der Waals surface area contributed by atoms with Crippen LogP contribution in [0.5, 0.6) is 0 Å². The number of piperidine rings is 1. The SMILES string of the molecule is CN(CC1CCCCO1)C(=O)[C@@H]1CCCCN1. The molecule has 1 N–H and O–H groups in total. The molecular formula is C13H24N2O2. The maximum absolute atomic E-state index is 12.2. The molecule has 98 valence electrons. The highest BCUT2D eigenvalue weighted by atomic mass is 16.5. The van der Waals surface area contributed by atoms with Gasteiger partial charge in [-0.25, -0.2) is 0 Å². The van der Waals surface area contributed by atoms with Gasteiger partial charge in [-0.1, -0.05) is 6.42 Å². The number of hydrogen-bond donors (Lipinski definition) is 1. The number of carbonyl (C=O) groups is 1. The van der Waals surface area contributed by atoms with E-state index in [1.54, 1.807) is 0 Å². The number of ether oxygens (including phenoxy) is 1. The number of rotatable bonds is 3. The Labute approximate surface area is 104 Å². The van der Waals surface area contributed by atoms with Crippen LogP contribution in [-0.2, 0) is 9.53 Å². The number of carbonyl (C=O) groups excluding carboxylic acids is 1. The zero-order valence-corrected chi connectivity index (χ0v) is 10.8. The quantitative estimate of drug-likeness (QED) is 0.805. The van der Waals surface area contributed by atoms with Crippen molar-refractivity contribution in [3.8, 4) is 0 Å². The maximum Gasteiger partial charge on any atom is 0.239 e. The largest absolute Gasteiger partial charge is 0.376 e. The molecule has 0 aliphatic carbocycles. The van der Waals surface area contributed by atoms with E-state index < -0.39 is 0 Å². The normalized spacial score (nSPS) is 29.9. The van der Waals surface area contributed by atoms with Crippen molar-refractivity contribution in [1.29, 1.82) is 0 Å². The second-order valence-electron chi connectivity index (χ2n) is 5.21. The zero-order chi connectivity index (χ0) is 12.1. The van der Waals surface area contributed by atoms with Crippen LogP contribution in [0.1, 0.15) is 38.5 Å². The summed E-state index contributed by atoms with van der Waals surface area (Å²) in [6, 6.07) is 0.0392. The molecule has 17 heavy (non-hydrogen) atoms. The van der Waals surface area contributed by atoms with E-state index in [4.69, 9.17) is 4.74 Å². The number of hydrogen-bond acceptors (Lipinski definition) is 3. The van der Waals surface area contributed by atoms with Crippen LogP contribution in [0.4, 0.5) is 0 Å². The molecule has 2 aliphatic rings. The monoisotopic (exact) mass is 240 g/mol. The molecule has 2 fully saturated rings. The summed E-state index contributed by atoms with van der Waals surface area (Å²) >= 11 is 0. The second-order valence-corrected chi connectivity index (χ2v) is 5.21. The lowest BCUT2D eigenvalue weighted by Crippen LogP contribution is -2.49. The third kappa shape index (κ3) is 3.68. The van der Waals surface area contributed by atoms with E-state index in [1.807, 2.05) is 11.9 Å². The van der Waals surface area contributed by atoms with Crippen LogP contribution in [0.2, 0.25) is 0 Å². The van der Waals surface area contributed by atoms with Crippen LogP contribution in [0.3, 0.4) is 0 Å². The fraction of sp³-hybridized carbons (Fsp3) is 0.923. The second kappa shape index (κ2) is 6.36. The summed E-state index contributed by atoms with van der Waals surface area (Å²) in [5, 5.41) is 3.30. The van der Waals surface area contributed by atoms with E-state index in [2.05, 4.69) is 5.32 Å². The minimum atomic E-state index is 0.0392. The Balaban J connectivity index is 1.77. The minimum Gasteiger partial charge on any atom is -0.376 e. The summed E-state index contributed by atoms with van der Waals surface area (Å²) in [7, 11) is 1.90. The Kier molecular flexibility index (Phi) is 4.80. The Morgan fingerprint density at radius 3 is 2.76 bits per heavy atom. The van der Waals surface area contributed by atoms with Gasteiger partial charge in [-0.05, 0) is 38.6 Å². The van der Waals surface area contributed by atoms with Gasteiger partial charge in [0.25, 0.3) is 0 Å². The topological polar surface area (TPSA) is 41.6 Å². The first-order chi connectivity index (χ1) is 8.27. The summed E-state index contributed by atoms with van der Waals surface area (Å²) in [5.74, 6) is 0.235. The number of nitrogens with zero attached hydrogens (tertiary/aromatic N) is 1. The smallest absolute Gasteiger partial charge is 0.239 e. The molecule has 2 rings (SSSR count). The standard InChI is InChI=1S/C13H24N2O2/c1-15(10-11-6-3-5-9-17-11)13(16)12-7-2-4-8-14-12/h11-12,14H,2-10H2,1H3/t11?,12-/m0/s1. The molecule has 1 unspecified atom stereocenters. The molecule has 0 aromatic rings. The van der Waals surface area contributed by atoms with Gasteiger partial charge in [0.1, 0.15) is 0 Å². The Morgan fingerprint density at radius 1 is 1.29 bits per heavy atom. The van der Waals surface area contributed by atoms with E-state index in [-0.39, 0.29) is 18.1 Å². The van der Waals surface area contributed by atoms with E-state index in [0.29, 0.717) is 0 Å². The van der Waals surface area contributed by atoms with Crippen molar-refractivity contribution in [3.05, 3.63) is 0 Å². The third-order valence-corrected chi connectivity index (χ3v) is 3.74. The summed E-state index contributed by atoms with van der Waals surface area (Å²) in [6.07, 6.45) is 7.08. The highest BCUT2D eigenvalue weighted by Crippen LogP contribution is 2.15. The molecule has 2 heterocycles. The Hall–Kier alpha value is -0.610. The van der Waals surface area contributed by atoms with Gasteiger partial charge in [0.15, 0.2) is 0 Å². The molecule has 0 aromatic carbocycles. The van der Waals surface area contributed by atoms with E-state index in [0.717, 1.165) is 39.0 Å². The Bertz CT molecular complexity index is 246. The maximum atomic E-state index is 12.2. The third-order valence-electron chi connectivity index (χ3n) is 3.74. The molecule has 4 nitrogen and oxygen atoms in total. The van der Waals surface area contributed by atoms with Crippen LogP contribution in [-0.4, -0.2) is 49.7 Å². The van der Waals surface area contributed by atoms with Gasteiger partial charge in [-0.2, -0.15) is 0 Å². The predicted octanol–water partition coefficient (Wildman–Crippen LogP) is 1.16. The van der Waals surface area contributed by atoms with Crippen LogP contribution < -0.4 is 5.32 Å². The molecule has 0 aromatic heterocycles. The number of nitrogens with one attached hydrogen (secondary N) is 1. The molecule has 2 aliphatic heterocycles. The molecule has 0 bridgehead atoms. The molecule has 0 spiro atoms. The first kappa shape index (κ1) is 12.8. The van der Waals surface area contributed by atoms with E-state index in [1.165, 1.54) is 19.3 Å². The van der Waals surface area contributed by atoms with Crippen molar-refractivity contribution < 1.29 is 9.53 Å². The summed E-state index contributed by atoms with van der Waals surface area (Å²) in [6.45, 7) is 2.58. The lowest BCUT2D eigenvalue weighted by molar-refractivity contribution is -0.135. The van der Waals surface area contributed by atoms with Crippen molar-refractivity contribution >= 4 is 5.91 Å². The molecule has 4 heteroatoms. The number of likely N-dealkylation sites (N-methyl/N-ethyl adjacent to an activating group) is 1. The molecule has 2 atom stereocenters. The van der Waals surface area contributed by atoms with E-state index >= 15 is 0 Å². The first-order valence-corrected chi connectivity index (χ1v) is 6.87. The van der Waals surface area contributed by atoms with Gasteiger partial charge in [0, 0.05) is 20.2 Å². The van der Waals surface area contributed by atoms with Gasteiger partial charge >= 0.3 is 0 Å². The molecule has 0 radical (unpaired) electrons. The van der Waals surface area contributed by atoms with E-state index in [9.17, 15) is 4.79 Å². The van der Waals surface area contributed by atoms with Gasteiger partial charge in [-0.15, -0.1) is 0 Å². The lowest BCUT2D eigenvalue weighted by Gasteiger charge is -2.31. The van der Waals surface area contributed by atoms with Crippen molar-refractivity contribution in [1.82, 2.24) is 10.2 Å². The van der Waals surface area contributed by atoms with Crippen LogP contribution in [0.25, 0.3) is 0 Å². The summed E-state index contributed by atoms with van der Waals surface area (Å²) < 4.78 is 5.67. The van der Waals surface area contributed by atoms with Crippen molar-refractivity contribution in [2.24, 2.45) is 0 Å². The van der Waals surface area contributed by atoms with Gasteiger partial charge in [-0.3, -0.25) is 4.79 Å². The molecular weight excluding hydrogens is 216 g/mol. The van der Waals surface area contributed by atoms with Crippen LogP contribution in [0, 0.1) is 0 Å². The van der Waals surface area contributed by atoms with Gasteiger partial charge in [0.05, 0.1) is 12.1 Å². The highest BCUT2D eigenvalue weighted by molar-refractivity contribution is 5.81. The van der Waals surface area contributed by atoms with Gasteiger partial charge < -0.3 is 15.0 Å². The van der Waals surface area contributed by atoms with Crippen molar-refractivity contribution in [2.75, 3.05) is 26.7 Å². The minimum absolute atomic E-state index is 0.0392. The van der Waals surface area contributed by atoms with Crippen molar-refractivity contribution in [3.63, 3.8) is 0 Å². The Morgan fingerprint density at radius 2 is 2.12 bits per heavy atom. The molecule has 0 saturated carbocycles. The average molecular weight is 240 g/mol. The fourth-order valence-corrected chi connectivity index (χ4v) is 2.68. The molecule has 2 saturated heterocycles. The lowest BCUT2D eigenvalue weighted by atomic mass is 10.0. The van der Waals surface area contributed by atoms with Crippen LogP contribution in [0.15, 0.2) is 0 Å². The summed E-state index contributed by atoms with van der Waals surface area (Å²) in [5.41, 5.74) is 0. The fourth-order valence-electron chi connectivity index (χ4n) is 2.68.